The van der Waals surface area contributed by atoms with Crippen LogP contribution in [0, 0.1) is 5.41 Å². The van der Waals surface area contributed by atoms with Gasteiger partial charge in [-0.05, 0) is 33.6 Å². The van der Waals surface area contributed by atoms with Crippen molar-refractivity contribution >= 4 is 6.09 Å². The molecule has 104 valence electrons. The van der Waals surface area contributed by atoms with Crippen LogP contribution >= 0.6 is 0 Å². The Morgan fingerprint density at radius 1 is 1.28 bits per heavy atom. The second-order valence-electron chi connectivity index (χ2n) is 6.75. The molecule has 1 heterocycles. The molecule has 18 heavy (non-hydrogen) atoms. The topological polar surface area (TPSA) is 50.4 Å². The van der Waals surface area contributed by atoms with Gasteiger partial charge in [0, 0.05) is 18.5 Å². The summed E-state index contributed by atoms with van der Waals surface area (Å²) in [5, 5.41) is 6.50. The first-order chi connectivity index (χ1) is 8.41. The van der Waals surface area contributed by atoms with Crippen molar-refractivity contribution in [3.8, 4) is 0 Å². The molecular weight excluding hydrogens is 228 g/mol. The fourth-order valence-corrected chi connectivity index (χ4v) is 3.24. The lowest BCUT2D eigenvalue weighted by atomic mass is 9.71. The molecule has 0 radical (unpaired) electrons. The third-order valence-electron chi connectivity index (χ3n) is 4.11. The van der Waals surface area contributed by atoms with Crippen LogP contribution in [0.15, 0.2) is 0 Å². The summed E-state index contributed by atoms with van der Waals surface area (Å²) >= 11 is 0. The van der Waals surface area contributed by atoms with E-state index in [9.17, 15) is 4.79 Å². The van der Waals surface area contributed by atoms with Gasteiger partial charge >= 0.3 is 6.09 Å². The summed E-state index contributed by atoms with van der Waals surface area (Å²) in [6.07, 6.45) is 6.07. The maximum atomic E-state index is 11.9. The highest BCUT2D eigenvalue weighted by Crippen LogP contribution is 2.41. The Labute approximate surface area is 110 Å². The Morgan fingerprint density at radius 2 is 1.94 bits per heavy atom. The van der Waals surface area contributed by atoms with Gasteiger partial charge in [-0.15, -0.1) is 0 Å². The van der Waals surface area contributed by atoms with Crippen LogP contribution in [0.25, 0.3) is 0 Å². The van der Waals surface area contributed by atoms with E-state index in [2.05, 4.69) is 10.6 Å². The number of hydrogen-bond donors (Lipinski definition) is 2. The van der Waals surface area contributed by atoms with Crippen molar-refractivity contribution in [2.75, 3.05) is 13.1 Å². The summed E-state index contributed by atoms with van der Waals surface area (Å²) in [6.45, 7) is 7.61. The highest BCUT2D eigenvalue weighted by Gasteiger charge is 2.44. The Morgan fingerprint density at radius 3 is 2.56 bits per heavy atom. The molecule has 1 aliphatic carbocycles. The Kier molecular flexibility index (Phi) is 3.85. The average Bonchev–Trinajstić information content (AvgIpc) is 2.60. The van der Waals surface area contributed by atoms with Gasteiger partial charge in [0.2, 0.25) is 0 Å². The normalized spacial score (nSPS) is 27.2. The molecule has 2 fully saturated rings. The number of alkyl carbamates (subject to hydrolysis) is 1. The largest absolute Gasteiger partial charge is 0.444 e. The Balaban J connectivity index is 1.93. The maximum absolute atomic E-state index is 11.9. The third kappa shape index (κ3) is 3.16. The summed E-state index contributed by atoms with van der Waals surface area (Å²) in [5.74, 6) is 0. The molecular formula is C14H26N2O2. The monoisotopic (exact) mass is 254 g/mol. The van der Waals surface area contributed by atoms with Gasteiger partial charge in [0.05, 0.1) is 6.04 Å². The minimum atomic E-state index is -0.421. The predicted molar refractivity (Wildman–Crippen MR) is 71.5 cm³/mol. The summed E-state index contributed by atoms with van der Waals surface area (Å²) in [7, 11) is 0. The van der Waals surface area contributed by atoms with Crippen LogP contribution in [0.3, 0.4) is 0 Å². The molecule has 1 aliphatic heterocycles. The molecule has 1 unspecified atom stereocenters. The highest BCUT2D eigenvalue weighted by molar-refractivity contribution is 5.68. The van der Waals surface area contributed by atoms with Gasteiger partial charge in [-0.25, -0.2) is 4.79 Å². The van der Waals surface area contributed by atoms with E-state index in [1.54, 1.807) is 0 Å². The van der Waals surface area contributed by atoms with Gasteiger partial charge in [-0.2, -0.15) is 0 Å². The van der Waals surface area contributed by atoms with Crippen LogP contribution in [0.2, 0.25) is 0 Å². The van der Waals surface area contributed by atoms with Gasteiger partial charge in [0.15, 0.2) is 0 Å². The number of ether oxygens (including phenoxy) is 1. The summed E-state index contributed by atoms with van der Waals surface area (Å²) in [6, 6.07) is 0.229. The van der Waals surface area contributed by atoms with E-state index >= 15 is 0 Å². The first-order valence-corrected chi connectivity index (χ1v) is 7.12. The minimum Gasteiger partial charge on any atom is -0.444 e. The summed E-state index contributed by atoms with van der Waals surface area (Å²) in [4.78, 5) is 11.9. The molecule has 1 saturated heterocycles. The number of carbonyl (C=O) groups is 1. The summed E-state index contributed by atoms with van der Waals surface area (Å²) in [5.41, 5.74) is -0.148. The van der Waals surface area contributed by atoms with Crippen LogP contribution in [0.1, 0.15) is 52.9 Å². The fourth-order valence-electron chi connectivity index (χ4n) is 3.24. The first kappa shape index (κ1) is 13.7. The Bertz CT molecular complexity index is 303. The minimum absolute atomic E-state index is 0.229. The molecule has 1 atom stereocenters. The Hall–Kier alpha value is -0.770. The second-order valence-corrected chi connectivity index (χ2v) is 6.75. The molecule has 0 aromatic rings. The van der Waals surface area contributed by atoms with Gasteiger partial charge in [0.1, 0.15) is 5.60 Å². The SMILES string of the molecule is CC(C)(C)OC(=O)NC1CNCC12CCCCC2. The molecule has 2 rings (SSSR count). The van der Waals surface area contributed by atoms with Crippen molar-refractivity contribution in [3.63, 3.8) is 0 Å². The third-order valence-corrected chi connectivity index (χ3v) is 4.11. The number of rotatable bonds is 1. The summed E-state index contributed by atoms with van der Waals surface area (Å²) < 4.78 is 5.36. The fraction of sp³-hybridized carbons (Fsp3) is 0.929. The van der Waals surface area contributed by atoms with E-state index in [-0.39, 0.29) is 17.6 Å². The zero-order valence-electron chi connectivity index (χ0n) is 11.8. The van der Waals surface area contributed by atoms with Crippen molar-refractivity contribution in [2.45, 2.75) is 64.5 Å². The lowest BCUT2D eigenvalue weighted by Crippen LogP contribution is -2.49. The van der Waals surface area contributed by atoms with E-state index < -0.39 is 5.60 Å². The molecule has 0 bridgehead atoms. The number of nitrogens with one attached hydrogen (secondary N) is 2. The van der Waals surface area contributed by atoms with Crippen molar-refractivity contribution in [2.24, 2.45) is 5.41 Å². The molecule has 4 heteroatoms. The van der Waals surface area contributed by atoms with E-state index in [0.717, 1.165) is 13.1 Å². The first-order valence-electron chi connectivity index (χ1n) is 7.12. The van der Waals surface area contributed by atoms with E-state index in [1.807, 2.05) is 20.8 Å². The van der Waals surface area contributed by atoms with E-state index in [1.165, 1.54) is 32.1 Å². The number of carbonyl (C=O) groups excluding carboxylic acids is 1. The zero-order valence-corrected chi connectivity index (χ0v) is 11.8. The van der Waals surface area contributed by atoms with E-state index in [4.69, 9.17) is 4.74 Å². The van der Waals surface area contributed by atoms with Crippen molar-refractivity contribution in [1.29, 1.82) is 0 Å². The average molecular weight is 254 g/mol. The van der Waals surface area contributed by atoms with Gasteiger partial charge in [0.25, 0.3) is 0 Å². The van der Waals surface area contributed by atoms with Crippen molar-refractivity contribution in [3.05, 3.63) is 0 Å². The van der Waals surface area contributed by atoms with Crippen LogP contribution in [-0.4, -0.2) is 30.8 Å². The van der Waals surface area contributed by atoms with Gasteiger partial charge < -0.3 is 15.4 Å². The standard InChI is InChI=1S/C14H26N2O2/c1-13(2,3)18-12(17)16-11-9-15-10-14(11)7-5-4-6-8-14/h11,15H,4-10H2,1-3H3,(H,16,17). The van der Waals surface area contributed by atoms with E-state index in [0.29, 0.717) is 0 Å². The molecule has 4 nitrogen and oxygen atoms in total. The van der Waals surface area contributed by atoms with Crippen LogP contribution in [0.4, 0.5) is 4.79 Å². The smallest absolute Gasteiger partial charge is 0.407 e. The quantitative estimate of drug-likeness (QED) is 0.755. The zero-order chi connectivity index (χ0) is 13.2. The van der Waals surface area contributed by atoms with Crippen LogP contribution in [-0.2, 0) is 4.74 Å². The second kappa shape index (κ2) is 5.08. The van der Waals surface area contributed by atoms with Gasteiger partial charge in [-0.1, -0.05) is 19.3 Å². The molecule has 2 aliphatic rings. The van der Waals surface area contributed by atoms with Crippen LogP contribution < -0.4 is 10.6 Å². The lowest BCUT2D eigenvalue weighted by Gasteiger charge is -2.38. The number of hydrogen-bond acceptors (Lipinski definition) is 3. The molecule has 2 N–H and O–H groups in total. The molecule has 0 aromatic heterocycles. The van der Waals surface area contributed by atoms with Gasteiger partial charge in [-0.3, -0.25) is 0 Å². The predicted octanol–water partition coefficient (Wildman–Crippen LogP) is 2.43. The highest BCUT2D eigenvalue weighted by atomic mass is 16.6. The molecule has 0 aromatic carbocycles. The number of amides is 1. The maximum Gasteiger partial charge on any atom is 0.407 e. The molecule has 1 spiro atoms. The van der Waals surface area contributed by atoms with Crippen molar-refractivity contribution < 1.29 is 9.53 Å². The molecule has 1 amide bonds. The van der Waals surface area contributed by atoms with Crippen LogP contribution in [0.5, 0.6) is 0 Å². The molecule has 1 saturated carbocycles. The lowest BCUT2D eigenvalue weighted by molar-refractivity contribution is 0.0447. The van der Waals surface area contributed by atoms with Crippen molar-refractivity contribution in [1.82, 2.24) is 10.6 Å².